The van der Waals surface area contributed by atoms with E-state index in [9.17, 15) is 4.79 Å². The first-order chi connectivity index (χ1) is 10.0. The number of nitrogens with zero attached hydrogens (tertiary/aromatic N) is 2. The van der Waals surface area contributed by atoms with E-state index in [0.29, 0.717) is 23.1 Å². The first-order valence-corrected chi connectivity index (χ1v) is 6.49. The van der Waals surface area contributed by atoms with Crippen LogP contribution in [0, 0.1) is 13.8 Å². The van der Waals surface area contributed by atoms with Crippen molar-refractivity contribution in [3.05, 3.63) is 35.5 Å². The van der Waals surface area contributed by atoms with Crippen LogP contribution in [-0.4, -0.2) is 29.5 Å². The predicted octanol–water partition coefficient (Wildman–Crippen LogP) is 2.38. The quantitative estimate of drug-likeness (QED) is 0.791. The summed E-state index contributed by atoms with van der Waals surface area (Å²) in [5.74, 6) is 1.11. The lowest BCUT2D eigenvalue weighted by molar-refractivity contribution is -0.143. The zero-order chi connectivity index (χ0) is 15.4. The Balaban J connectivity index is 2.24. The molecule has 0 amide bonds. The molecule has 0 bridgehead atoms. The summed E-state index contributed by atoms with van der Waals surface area (Å²) in [5.41, 5.74) is 1.77. The van der Waals surface area contributed by atoms with Crippen LogP contribution in [0.5, 0.6) is 17.4 Å². The van der Waals surface area contributed by atoms with Crippen LogP contribution in [0.4, 0.5) is 0 Å². The molecule has 6 heteroatoms. The first-order valence-electron chi connectivity index (χ1n) is 6.49. The van der Waals surface area contributed by atoms with Crippen LogP contribution in [0.3, 0.4) is 0 Å². The van der Waals surface area contributed by atoms with Gasteiger partial charge in [-0.05, 0) is 31.5 Å². The first kappa shape index (κ1) is 14.9. The van der Waals surface area contributed by atoms with Crippen molar-refractivity contribution >= 4 is 5.97 Å². The number of hydrogen-bond donors (Lipinski definition) is 0. The Morgan fingerprint density at radius 3 is 2.76 bits per heavy atom. The van der Waals surface area contributed by atoms with E-state index in [0.717, 1.165) is 5.56 Å². The largest absolute Gasteiger partial charge is 0.466 e. The predicted molar refractivity (Wildman–Crippen MR) is 76.7 cm³/mol. The number of aromatic nitrogens is 2. The van der Waals surface area contributed by atoms with E-state index in [1.165, 1.54) is 11.8 Å². The molecule has 6 nitrogen and oxygen atoms in total. The maximum Gasteiger partial charge on any atom is 0.343 e. The summed E-state index contributed by atoms with van der Waals surface area (Å²) in [5, 5.41) is 4.25. The van der Waals surface area contributed by atoms with Crippen LogP contribution < -0.4 is 9.47 Å². The van der Waals surface area contributed by atoms with E-state index in [-0.39, 0.29) is 6.61 Å². The number of methoxy groups -OCH3 is 1. The Bertz CT molecular complexity index is 649. The zero-order valence-corrected chi connectivity index (χ0v) is 12.5. The van der Waals surface area contributed by atoms with E-state index >= 15 is 0 Å². The van der Waals surface area contributed by atoms with E-state index in [2.05, 4.69) is 9.84 Å². The fraction of sp³-hybridized carbons (Fsp3) is 0.333. The normalized spacial score (nSPS) is 10.3. The molecule has 1 heterocycles. The maximum atomic E-state index is 11.2. The Labute approximate surface area is 123 Å². The summed E-state index contributed by atoms with van der Waals surface area (Å²) in [6.45, 7) is 3.60. The molecular formula is C15H18N2O4. The van der Waals surface area contributed by atoms with Crippen molar-refractivity contribution in [2.75, 3.05) is 13.7 Å². The summed E-state index contributed by atoms with van der Waals surface area (Å²) in [6, 6.07) is 7.66. The van der Waals surface area contributed by atoms with Gasteiger partial charge in [-0.2, -0.15) is 5.10 Å². The molecule has 0 N–H and O–H groups in total. The molecule has 2 aromatic rings. The van der Waals surface area contributed by atoms with E-state index < -0.39 is 5.97 Å². The maximum absolute atomic E-state index is 11.2. The molecule has 0 unspecified atom stereocenters. The van der Waals surface area contributed by atoms with Crippen molar-refractivity contribution < 1.29 is 19.0 Å². The lowest BCUT2D eigenvalue weighted by Crippen LogP contribution is -2.14. The molecule has 0 saturated heterocycles. The van der Waals surface area contributed by atoms with Crippen LogP contribution in [0.2, 0.25) is 0 Å². The van der Waals surface area contributed by atoms with Crippen LogP contribution in [0.1, 0.15) is 11.3 Å². The van der Waals surface area contributed by atoms with Crippen molar-refractivity contribution in [3.63, 3.8) is 0 Å². The zero-order valence-electron chi connectivity index (χ0n) is 12.5. The molecule has 0 aliphatic heterocycles. The second-order valence-electron chi connectivity index (χ2n) is 4.63. The van der Waals surface area contributed by atoms with Crippen molar-refractivity contribution in [1.82, 2.24) is 9.78 Å². The van der Waals surface area contributed by atoms with Gasteiger partial charge in [0, 0.05) is 7.05 Å². The van der Waals surface area contributed by atoms with E-state index in [4.69, 9.17) is 9.47 Å². The van der Waals surface area contributed by atoms with Crippen molar-refractivity contribution in [2.24, 2.45) is 7.05 Å². The molecule has 0 aliphatic carbocycles. The molecule has 0 aliphatic rings. The van der Waals surface area contributed by atoms with Gasteiger partial charge in [0.15, 0.2) is 6.61 Å². The Kier molecular flexibility index (Phi) is 4.47. The molecule has 2 rings (SSSR count). The fourth-order valence-electron chi connectivity index (χ4n) is 1.88. The number of ether oxygens (including phenoxy) is 3. The third kappa shape index (κ3) is 3.53. The minimum absolute atomic E-state index is 0.195. The summed E-state index contributed by atoms with van der Waals surface area (Å²) < 4.78 is 17.4. The Morgan fingerprint density at radius 1 is 1.33 bits per heavy atom. The van der Waals surface area contributed by atoms with Crippen LogP contribution >= 0.6 is 0 Å². The third-order valence-electron chi connectivity index (χ3n) is 2.88. The monoisotopic (exact) mass is 290 g/mol. The number of rotatable bonds is 5. The number of aryl methyl sites for hydroxylation is 3. The molecule has 0 fully saturated rings. The molecule has 21 heavy (non-hydrogen) atoms. The summed E-state index contributed by atoms with van der Waals surface area (Å²) in [4.78, 5) is 11.2. The molecule has 1 aromatic heterocycles. The van der Waals surface area contributed by atoms with Gasteiger partial charge in [0.2, 0.25) is 5.75 Å². The number of hydrogen-bond acceptors (Lipinski definition) is 5. The third-order valence-corrected chi connectivity index (χ3v) is 2.88. The van der Waals surface area contributed by atoms with Crippen LogP contribution in [0.25, 0.3) is 0 Å². The summed E-state index contributed by atoms with van der Waals surface area (Å²) in [7, 11) is 3.03. The standard InChI is InChI=1S/C15H18N2O4/c1-10-6-5-7-12(8-10)21-14-11(2)16-17(3)15(14)20-9-13(18)19-4/h5-8H,9H2,1-4H3. The van der Waals surface area contributed by atoms with E-state index in [1.54, 1.807) is 7.05 Å². The second-order valence-corrected chi connectivity index (χ2v) is 4.63. The smallest absolute Gasteiger partial charge is 0.343 e. The van der Waals surface area contributed by atoms with Gasteiger partial charge in [0.05, 0.1) is 7.11 Å². The average molecular weight is 290 g/mol. The topological polar surface area (TPSA) is 62.6 Å². The Morgan fingerprint density at radius 2 is 2.10 bits per heavy atom. The minimum atomic E-state index is -0.463. The van der Waals surface area contributed by atoms with Crippen molar-refractivity contribution in [1.29, 1.82) is 0 Å². The number of carbonyl (C=O) groups excluding carboxylic acids is 1. The second kappa shape index (κ2) is 6.30. The molecular weight excluding hydrogens is 272 g/mol. The SMILES string of the molecule is COC(=O)COc1c(Oc2cccc(C)c2)c(C)nn1C. The van der Waals surface area contributed by atoms with Crippen molar-refractivity contribution in [3.8, 4) is 17.4 Å². The number of carbonyl (C=O) groups is 1. The highest BCUT2D eigenvalue weighted by Gasteiger charge is 2.18. The van der Waals surface area contributed by atoms with Gasteiger partial charge in [-0.25, -0.2) is 9.48 Å². The van der Waals surface area contributed by atoms with Crippen molar-refractivity contribution in [2.45, 2.75) is 13.8 Å². The van der Waals surface area contributed by atoms with Gasteiger partial charge in [-0.15, -0.1) is 0 Å². The van der Waals surface area contributed by atoms with Gasteiger partial charge in [-0.1, -0.05) is 12.1 Å². The number of esters is 1. The molecule has 0 saturated carbocycles. The Hall–Kier alpha value is -2.50. The molecule has 0 spiro atoms. The molecule has 112 valence electrons. The lowest BCUT2D eigenvalue weighted by Gasteiger charge is -2.09. The van der Waals surface area contributed by atoms with E-state index in [1.807, 2.05) is 38.1 Å². The lowest BCUT2D eigenvalue weighted by atomic mass is 10.2. The van der Waals surface area contributed by atoms with Gasteiger partial charge < -0.3 is 14.2 Å². The van der Waals surface area contributed by atoms with Crippen LogP contribution in [-0.2, 0) is 16.6 Å². The highest BCUT2D eigenvalue weighted by molar-refractivity contribution is 5.71. The number of benzene rings is 1. The van der Waals surface area contributed by atoms with Gasteiger partial charge in [0.1, 0.15) is 11.4 Å². The van der Waals surface area contributed by atoms with Gasteiger partial charge in [0.25, 0.3) is 5.88 Å². The van der Waals surface area contributed by atoms with Crippen LogP contribution in [0.15, 0.2) is 24.3 Å². The molecule has 0 atom stereocenters. The highest BCUT2D eigenvalue weighted by atomic mass is 16.6. The molecule has 0 radical (unpaired) electrons. The molecule has 1 aromatic carbocycles. The van der Waals surface area contributed by atoms with Gasteiger partial charge >= 0.3 is 5.97 Å². The fourth-order valence-corrected chi connectivity index (χ4v) is 1.88. The van der Waals surface area contributed by atoms with Gasteiger partial charge in [-0.3, -0.25) is 0 Å². The minimum Gasteiger partial charge on any atom is -0.466 e. The summed E-state index contributed by atoms with van der Waals surface area (Å²) in [6.07, 6.45) is 0. The summed E-state index contributed by atoms with van der Waals surface area (Å²) >= 11 is 0. The highest BCUT2D eigenvalue weighted by Crippen LogP contribution is 2.34. The average Bonchev–Trinajstić information content (AvgIpc) is 2.71.